The van der Waals surface area contributed by atoms with E-state index in [1.807, 2.05) is 26.0 Å². The Morgan fingerprint density at radius 2 is 2.08 bits per heavy atom. The fraction of sp³-hybridized carbons (Fsp3) is 0.474. The molecule has 1 fully saturated rings. The van der Waals surface area contributed by atoms with Gasteiger partial charge in [-0.15, -0.1) is 0 Å². The molecule has 0 radical (unpaired) electrons. The molecule has 0 saturated heterocycles. The molecular weight excluding hydrogens is 318 g/mol. The summed E-state index contributed by atoms with van der Waals surface area (Å²) in [5.41, 5.74) is 2.80. The van der Waals surface area contributed by atoms with E-state index in [1.54, 1.807) is 0 Å². The Morgan fingerprint density at radius 3 is 2.79 bits per heavy atom. The summed E-state index contributed by atoms with van der Waals surface area (Å²) in [5.74, 6) is 0. The van der Waals surface area contributed by atoms with Crippen LogP contribution in [0.4, 0.5) is 0 Å². The van der Waals surface area contributed by atoms with Crippen molar-refractivity contribution in [3.8, 4) is 0 Å². The molecule has 128 valence electrons. The average molecular weight is 343 g/mol. The molecule has 1 heterocycles. The number of hydrogen-bond donors (Lipinski definition) is 2. The highest BCUT2D eigenvalue weighted by Gasteiger charge is 2.25. The molecule has 4 nitrogen and oxygen atoms in total. The van der Waals surface area contributed by atoms with Gasteiger partial charge in [0.2, 0.25) is 0 Å². The molecule has 2 aromatic rings. The van der Waals surface area contributed by atoms with Crippen LogP contribution in [-0.4, -0.2) is 27.6 Å². The number of thiocarbonyl (C=S) groups is 1. The molecule has 1 aromatic heterocycles. The van der Waals surface area contributed by atoms with Gasteiger partial charge in [0.25, 0.3) is 5.56 Å². The van der Waals surface area contributed by atoms with Crippen LogP contribution < -0.4 is 10.9 Å². The fourth-order valence-corrected chi connectivity index (χ4v) is 3.85. The lowest BCUT2D eigenvalue weighted by atomic mass is 10.1. The maximum atomic E-state index is 12.5. The monoisotopic (exact) mass is 343 g/mol. The van der Waals surface area contributed by atoms with Gasteiger partial charge in [-0.1, -0.05) is 25.0 Å². The number of hydrogen-bond acceptors (Lipinski definition) is 2. The molecule has 3 rings (SSSR count). The number of pyridine rings is 1. The van der Waals surface area contributed by atoms with E-state index in [1.165, 1.54) is 12.8 Å². The van der Waals surface area contributed by atoms with Gasteiger partial charge in [0.15, 0.2) is 5.11 Å². The van der Waals surface area contributed by atoms with Gasteiger partial charge >= 0.3 is 0 Å². The van der Waals surface area contributed by atoms with E-state index in [0.29, 0.717) is 12.6 Å². The van der Waals surface area contributed by atoms with Gasteiger partial charge in [-0.3, -0.25) is 4.79 Å². The average Bonchev–Trinajstić information content (AvgIpc) is 3.07. The SMILES string of the molecule is CCNC(=S)N(Cc1cc2ccc(C)cc2[nH]c1=O)C1CCCC1. The molecule has 2 N–H and O–H groups in total. The van der Waals surface area contributed by atoms with Gasteiger partial charge in [0, 0.05) is 23.7 Å². The van der Waals surface area contributed by atoms with E-state index in [-0.39, 0.29) is 5.56 Å². The maximum absolute atomic E-state index is 12.5. The van der Waals surface area contributed by atoms with E-state index < -0.39 is 0 Å². The number of rotatable bonds is 4. The lowest BCUT2D eigenvalue weighted by Gasteiger charge is -2.31. The van der Waals surface area contributed by atoms with Crippen molar-refractivity contribution >= 4 is 28.2 Å². The molecule has 0 bridgehead atoms. The maximum Gasteiger partial charge on any atom is 0.253 e. The van der Waals surface area contributed by atoms with Crippen LogP contribution in [-0.2, 0) is 6.54 Å². The topological polar surface area (TPSA) is 48.1 Å². The highest BCUT2D eigenvalue weighted by Crippen LogP contribution is 2.25. The van der Waals surface area contributed by atoms with Crippen LogP contribution in [0.2, 0.25) is 0 Å². The van der Waals surface area contributed by atoms with Crippen molar-refractivity contribution in [3.05, 3.63) is 45.7 Å². The van der Waals surface area contributed by atoms with Gasteiger partial charge in [-0.05, 0) is 62.0 Å². The molecule has 1 aliphatic carbocycles. The van der Waals surface area contributed by atoms with Crippen molar-refractivity contribution in [2.45, 2.75) is 52.1 Å². The van der Waals surface area contributed by atoms with Crippen molar-refractivity contribution in [1.29, 1.82) is 0 Å². The third kappa shape index (κ3) is 3.61. The minimum absolute atomic E-state index is 0.0182. The lowest BCUT2D eigenvalue weighted by Crippen LogP contribution is -2.45. The summed E-state index contributed by atoms with van der Waals surface area (Å²) < 4.78 is 0. The van der Waals surface area contributed by atoms with Crippen LogP contribution in [0.3, 0.4) is 0 Å². The molecule has 0 aliphatic heterocycles. The molecule has 1 aromatic carbocycles. The van der Waals surface area contributed by atoms with Gasteiger partial charge in [-0.25, -0.2) is 0 Å². The molecular formula is C19H25N3OS. The highest BCUT2D eigenvalue weighted by atomic mass is 32.1. The molecule has 24 heavy (non-hydrogen) atoms. The number of H-pyrrole nitrogens is 1. The van der Waals surface area contributed by atoms with Crippen molar-refractivity contribution in [2.75, 3.05) is 6.54 Å². The number of aryl methyl sites for hydroxylation is 1. The normalized spacial score (nSPS) is 14.9. The summed E-state index contributed by atoms with van der Waals surface area (Å²) in [6, 6.07) is 8.59. The van der Waals surface area contributed by atoms with Crippen molar-refractivity contribution < 1.29 is 0 Å². The largest absolute Gasteiger partial charge is 0.363 e. The van der Waals surface area contributed by atoms with Crippen molar-refractivity contribution in [2.24, 2.45) is 0 Å². The van der Waals surface area contributed by atoms with Crippen LogP contribution >= 0.6 is 12.2 Å². The van der Waals surface area contributed by atoms with E-state index in [4.69, 9.17) is 12.2 Å². The summed E-state index contributed by atoms with van der Waals surface area (Å²) >= 11 is 5.57. The van der Waals surface area contributed by atoms with Crippen LogP contribution in [0.15, 0.2) is 29.1 Å². The second kappa shape index (κ2) is 7.34. The Kier molecular flexibility index (Phi) is 5.19. The Morgan fingerprint density at radius 1 is 1.33 bits per heavy atom. The first kappa shape index (κ1) is 17.0. The smallest absolute Gasteiger partial charge is 0.253 e. The molecule has 0 unspecified atom stereocenters. The number of nitrogens with one attached hydrogen (secondary N) is 2. The van der Waals surface area contributed by atoms with E-state index in [0.717, 1.165) is 46.5 Å². The fourth-order valence-electron chi connectivity index (χ4n) is 3.50. The van der Waals surface area contributed by atoms with Crippen LogP contribution in [0.25, 0.3) is 10.9 Å². The molecule has 1 aliphatic rings. The van der Waals surface area contributed by atoms with Crippen LogP contribution in [0.5, 0.6) is 0 Å². The third-order valence-electron chi connectivity index (χ3n) is 4.77. The summed E-state index contributed by atoms with van der Waals surface area (Å²) in [7, 11) is 0. The predicted molar refractivity (Wildman–Crippen MR) is 103 cm³/mol. The summed E-state index contributed by atoms with van der Waals surface area (Å²) in [5, 5.41) is 5.07. The summed E-state index contributed by atoms with van der Waals surface area (Å²) in [6.45, 7) is 5.44. The summed E-state index contributed by atoms with van der Waals surface area (Å²) in [4.78, 5) is 17.8. The van der Waals surface area contributed by atoms with Gasteiger partial charge in [-0.2, -0.15) is 0 Å². The Hall–Kier alpha value is -1.88. The zero-order chi connectivity index (χ0) is 17.1. The third-order valence-corrected chi connectivity index (χ3v) is 5.15. The van der Waals surface area contributed by atoms with Crippen molar-refractivity contribution in [3.63, 3.8) is 0 Å². The molecule has 0 atom stereocenters. The number of aromatic amines is 1. The minimum Gasteiger partial charge on any atom is -0.363 e. The van der Waals surface area contributed by atoms with E-state index in [9.17, 15) is 4.79 Å². The zero-order valence-corrected chi connectivity index (χ0v) is 15.2. The minimum atomic E-state index is -0.0182. The van der Waals surface area contributed by atoms with Crippen molar-refractivity contribution in [1.82, 2.24) is 15.2 Å². The van der Waals surface area contributed by atoms with Crippen LogP contribution in [0.1, 0.15) is 43.7 Å². The molecule has 0 spiro atoms. The molecule has 1 saturated carbocycles. The number of aromatic nitrogens is 1. The number of fused-ring (bicyclic) bond motifs is 1. The standard InChI is InChI=1S/C19H25N3OS/c1-3-20-19(24)22(16-6-4-5-7-16)12-15-11-14-9-8-13(2)10-17(14)21-18(15)23/h8-11,16H,3-7,12H2,1-2H3,(H,20,24)(H,21,23). The first-order chi connectivity index (χ1) is 11.6. The second-order valence-electron chi connectivity index (χ2n) is 6.62. The Balaban J connectivity index is 1.92. The number of nitrogens with zero attached hydrogens (tertiary/aromatic N) is 1. The van der Waals surface area contributed by atoms with Crippen LogP contribution in [0, 0.1) is 6.92 Å². The molecule has 5 heteroatoms. The van der Waals surface area contributed by atoms with Gasteiger partial charge in [0.1, 0.15) is 0 Å². The van der Waals surface area contributed by atoms with Gasteiger partial charge < -0.3 is 15.2 Å². The zero-order valence-electron chi connectivity index (χ0n) is 14.4. The van der Waals surface area contributed by atoms with E-state index >= 15 is 0 Å². The molecule has 0 amide bonds. The first-order valence-corrected chi connectivity index (χ1v) is 9.16. The number of benzene rings is 1. The van der Waals surface area contributed by atoms with E-state index in [2.05, 4.69) is 27.3 Å². The Labute approximate surface area is 148 Å². The second-order valence-corrected chi connectivity index (χ2v) is 7.00. The van der Waals surface area contributed by atoms with Gasteiger partial charge in [0.05, 0.1) is 6.54 Å². The highest BCUT2D eigenvalue weighted by molar-refractivity contribution is 7.80. The first-order valence-electron chi connectivity index (χ1n) is 8.75. The lowest BCUT2D eigenvalue weighted by molar-refractivity contribution is 0.303. The quantitative estimate of drug-likeness (QED) is 0.835. The Bertz CT molecular complexity index is 793. The predicted octanol–water partition coefficient (Wildman–Crippen LogP) is 3.48. The summed E-state index contributed by atoms with van der Waals surface area (Å²) in [6.07, 6.45) is 4.78.